The summed E-state index contributed by atoms with van der Waals surface area (Å²) in [5, 5.41) is 8.50. The molecule has 90 valence electrons. The van der Waals surface area contributed by atoms with E-state index >= 15 is 0 Å². The van der Waals surface area contributed by atoms with Crippen molar-refractivity contribution in [3.8, 4) is 0 Å². The average molecular weight is 231 g/mol. The minimum atomic E-state index is 0.945. The van der Waals surface area contributed by atoms with Crippen LogP contribution in [0, 0.1) is 0 Å². The molecule has 4 nitrogen and oxygen atoms in total. The van der Waals surface area contributed by atoms with Gasteiger partial charge < -0.3 is 4.48 Å². The molecule has 0 N–H and O–H groups in total. The van der Waals surface area contributed by atoms with Crippen molar-refractivity contribution < 1.29 is 4.48 Å². The molecule has 1 aliphatic heterocycles. The first-order valence-corrected chi connectivity index (χ1v) is 6.39. The first-order chi connectivity index (χ1) is 8.27. The molecule has 17 heavy (non-hydrogen) atoms. The summed E-state index contributed by atoms with van der Waals surface area (Å²) in [4.78, 5) is 0. The van der Waals surface area contributed by atoms with Crippen molar-refractivity contribution in [1.82, 2.24) is 15.0 Å². The minimum Gasteiger partial charge on any atom is -0.307 e. The monoisotopic (exact) mass is 231 g/mol. The molecule has 1 aromatic heterocycles. The standard InChI is InChI=1S/C13H19N4/c1-17(9-5-2-6-10-17)11-16-13-8-4-3-7-12(13)14-15-16/h3-4,7-8H,2,5-6,9-11H2,1H3/q+1. The average Bonchev–Trinajstić information content (AvgIpc) is 2.73. The summed E-state index contributed by atoms with van der Waals surface area (Å²) in [6, 6.07) is 8.19. The molecule has 0 atom stereocenters. The minimum absolute atomic E-state index is 0.945. The fourth-order valence-electron chi connectivity index (χ4n) is 2.76. The highest BCUT2D eigenvalue weighted by atomic mass is 15.5. The van der Waals surface area contributed by atoms with Crippen LogP contribution in [0.4, 0.5) is 0 Å². The van der Waals surface area contributed by atoms with Gasteiger partial charge in [-0.1, -0.05) is 17.3 Å². The fourth-order valence-corrected chi connectivity index (χ4v) is 2.76. The summed E-state index contributed by atoms with van der Waals surface area (Å²) in [7, 11) is 2.33. The molecule has 0 aliphatic carbocycles. The molecule has 2 aromatic rings. The predicted octanol–water partition coefficient (Wildman–Crippen LogP) is 2.02. The molecule has 1 aliphatic rings. The molecule has 4 heteroatoms. The van der Waals surface area contributed by atoms with Crippen LogP contribution in [-0.4, -0.2) is 39.6 Å². The van der Waals surface area contributed by atoms with E-state index in [4.69, 9.17) is 0 Å². The van der Waals surface area contributed by atoms with Crippen LogP contribution in [0.3, 0.4) is 0 Å². The van der Waals surface area contributed by atoms with Gasteiger partial charge in [0, 0.05) is 0 Å². The number of para-hydroxylation sites is 1. The highest BCUT2D eigenvalue weighted by molar-refractivity contribution is 5.73. The molecule has 0 saturated carbocycles. The van der Waals surface area contributed by atoms with Gasteiger partial charge in [-0.25, -0.2) is 0 Å². The number of aromatic nitrogens is 3. The second-order valence-electron chi connectivity index (χ2n) is 5.35. The van der Waals surface area contributed by atoms with Crippen molar-refractivity contribution in [2.45, 2.75) is 25.9 Å². The number of fused-ring (bicyclic) bond motifs is 1. The van der Waals surface area contributed by atoms with Gasteiger partial charge in [-0.3, -0.25) is 0 Å². The predicted molar refractivity (Wildman–Crippen MR) is 67.3 cm³/mol. The van der Waals surface area contributed by atoms with Gasteiger partial charge >= 0.3 is 0 Å². The van der Waals surface area contributed by atoms with Crippen molar-refractivity contribution >= 4 is 11.0 Å². The van der Waals surface area contributed by atoms with Crippen LogP contribution in [0.2, 0.25) is 0 Å². The number of quaternary nitrogens is 1. The maximum Gasteiger partial charge on any atom is 0.176 e. The summed E-state index contributed by atoms with van der Waals surface area (Å²) in [6.45, 7) is 3.46. The Morgan fingerprint density at radius 1 is 1.18 bits per heavy atom. The molecule has 0 spiro atoms. The third-order valence-electron chi connectivity index (χ3n) is 3.79. The summed E-state index contributed by atoms with van der Waals surface area (Å²) < 4.78 is 3.15. The number of rotatable bonds is 2. The van der Waals surface area contributed by atoms with Gasteiger partial charge in [0.15, 0.2) is 6.67 Å². The quantitative estimate of drug-likeness (QED) is 0.740. The number of hydrogen-bond donors (Lipinski definition) is 0. The first kappa shape index (κ1) is 10.7. The van der Waals surface area contributed by atoms with E-state index in [9.17, 15) is 0 Å². The lowest BCUT2D eigenvalue weighted by Crippen LogP contribution is -2.48. The van der Waals surface area contributed by atoms with Gasteiger partial charge in [-0.05, 0) is 31.4 Å². The zero-order valence-corrected chi connectivity index (χ0v) is 10.3. The highest BCUT2D eigenvalue weighted by Gasteiger charge is 2.26. The van der Waals surface area contributed by atoms with E-state index in [1.807, 2.05) is 12.1 Å². The SMILES string of the molecule is C[N+]1(Cn2nnc3ccccc32)CCCCC1. The molecule has 1 aromatic carbocycles. The largest absolute Gasteiger partial charge is 0.307 e. The van der Waals surface area contributed by atoms with E-state index in [2.05, 4.69) is 34.2 Å². The van der Waals surface area contributed by atoms with Crippen LogP contribution in [0.5, 0.6) is 0 Å². The normalized spacial score (nSPS) is 19.6. The number of hydrogen-bond acceptors (Lipinski definition) is 2. The molecule has 1 fully saturated rings. The topological polar surface area (TPSA) is 30.7 Å². The molecule has 0 radical (unpaired) electrons. The molecular weight excluding hydrogens is 212 g/mol. The van der Waals surface area contributed by atoms with E-state index in [1.54, 1.807) is 0 Å². The third-order valence-corrected chi connectivity index (χ3v) is 3.79. The van der Waals surface area contributed by atoms with Gasteiger partial charge in [-0.2, -0.15) is 4.68 Å². The van der Waals surface area contributed by atoms with Crippen LogP contribution in [0.25, 0.3) is 11.0 Å². The number of likely N-dealkylation sites (tertiary alicyclic amines) is 1. The number of nitrogens with zero attached hydrogens (tertiary/aromatic N) is 4. The zero-order valence-electron chi connectivity index (χ0n) is 10.3. The molecular formula is C13H19N4+. The summed E-state index contributed by atoms with van der Waals surface area (Å²) in [5.74, 6) is 0. The Kier molecular flexibility index (Phi) is 2.59. The van der Waals surface area contributed by atoms with Gasteiger partial charge in [-0.15, -0.1) is 5.10 Å². The van der Waals surface area contributed by atoms with Crippen LogP contribution in [0.15, 0.2) is 24.3 Å². The first-order valence-electron chi connectivity index (χ1n) is 6.39. The Morgan fingerprint density at radius 2 is 1.94 bits per heavy atom. The maximum atomic E-state index is 4.29. The van der Waals surface area contributed by atoms with Gasteiger partial charge in [0.25, 0.3) is 0 Å². The second kappa shape index (κ2) is 4.11. The van der Waals surface area contributed by atoms with Crippen LogP contribution < -0.4 is 0 Å². The van der Waals surface area contributed by atoms with Crippen LogP contribution in [0.1, 0.15) is 19.3 Å². The van der Waals surface area contributed by atoms with Crippen LogP contribution >= 0.6 is 0 Å². The maximum absolute atomic E-state index is 4.29. The van der Waals surface area contributed by atoms with Crippen molar-refractivity contribution in [3.63, 3.8) is 0 Å². The van der Waals surface area contributed by atoms with Crippen molar-refractivity contribution in [2.75, 3.05) is 20.1 Å². The van der Waals surface area contributed by atoms with Crippen LogP contribution in [-0.2, 0) is 6.67 Å². The Hall–Kier alpha value is -1.42. The second-order valence-corrected chi connectivity index (χ2v) is 5.35. The Balaban J connectivity index is 1.89. The van der Waals surface area contributed by atoms with E-state index in [1.165, 1.54) is 32.4 Å². The van der Waals surface area contributed by atoms with Crippen molar-refractivity contribution in [1.29, 1.82) is 0 Å². The van der Waals surface area contributed by atoms with Gasteiger partial charge in [0.05, 0.1) is 25.7 Å². The third kappa shape index (κ3) is 2.05. The number of benzene rings is 1. The molecule has 2 heterocycles. The summed E-state index contributed by atoms with van der Waals surface area (Å²) in [6.07, 6.45) is 4.05. The lowest BCUT2D eigenvalue weighted by Gasteiger charge is -2.37. The lowest BCUT2D eigenvalue weighted by atomic mass is 10.1. The Morgan fingerprint density at radius 3 is 2.76 bits per heavy atom. The molecule has 3 rings (SSSR count). The smallest absolute Gasteiger partial charge is 0.176 e. The van der Waals surface area contributed by atoms with E-state index in [0.717, 1.165) is 22.2 Å². The molecule has 0 amide bonds. The zero-order chi connectivity index (χ0) is 11.7. The van der Waals surface area contributed by atoms with E-state index in [0.29, 0.717) is 0 Å². The summed E-state index contributed by atoms with van der Waals surface area (Å²) >= 11 is 0. The highest BCUT2D eigenvalue weighted by Crippen LogP contribution is 2.19. The van der Waals surface area contributed by atoms with Gasteiger partial charge in [0.2, 0.25) is 0 Å². The fraction of sp³-hybridized carbons (Fsp3) is 0.538. The van der Waals surface area contributed by atoms with E-state index in [-0.39, 0.29) is 0 Å². The summed E-state index contributed by atoms with van der Waals surface area (Å²) in [5.41, 5.74) is 2.15. The van der Waals surface area contributed by atoms with Crippen molar-refractivity contribution in [3.05, 3.63) is 24.3 Å². The molecule has 0 unspecified atom stereocenters. The van der Waals surface area contributed by atoms with Crippen molar-refractivity contribution in [2.24, 2.45) is 0 Å². The number of piperidine rings is 1. The lowest BCUT2D eigenvalue weighted by molar-refractivity contribution is -0.935. The van der Waals surface area contributed by atoms with E-state index < -0.39 is 0 Å². The Labute approximate surface area is 101 Å². The molecule has 0 bridgehead atoms. The van der Waals surface area contributed by atoms with Gasteiger partial charge in [0.1, 0.15) is 5.52 Å². The molecule has 1 saturated heterocycles. The Bertz CT molecular complexity index is 511.